The average molecular weight is 320 g/mol. The van der Waals surface area contributed by atoms with Crippen LogP contribution in [0.5, 0.6) is 0 Å². The van der Waals surface area contributed by atoms with Gasteiger partial charge in [0.25, 0.3) is 0 Å². The molecule has 0 saturated carbocycles. The van der Waals surface area contributed by atoms with Crippen LogP contribution in [0.3, 0.4) is 0 Å². The predicted molar refractivity (Wildman–Crippen MR) is 101 cm³/mol. The van der Waals surface area contributed by atoms with Crippen LogP contribution < -0.4 is 5.19 Å². The highest BCUT2D eigenvalue weighted by atomic mass is 28.3. The molecule has 0 amide bonds. The van der Waals surface area contributed by atoms with E-state index in [0.29, 0.717) is 0 Å². The van der Waals surface area contributed by atoms with Gasteiger partial charge in [-0.1, -0.05) is 68.6 Å². The third-order valence-corrected chi connectivity index (χ3v) is 9.16. The summed E-state index contributed by atoms with van der Waals surface area (Å²) in [6.07, 6.45) is 5.53. The summed E-state index contributed by atoms with van der Waals surface area (Å²) in [7, 11) is -1.79. The first-order valence-electron chi connectivity index (χ1n) is 8.71. The van der Waals surface area contributed by atoms with Gasteiger partial charge in [-0.05, 0) is 37.9 Å². The Labute approximate surface area is 134 Å². The van der Waals surface area contributed by atoms with E-state index < -0.39 is 16.9 Å². The van der Waals surface area contributed by atoms with Crippen LogP contribution in [0.4, 0.5) is 0 Å². The summed E-state index contributed by atoms with van der Waals surface area (Å²) in [5.41, 5.74) is 2.40. The molecule has 1 unspecified atom stereocenters. The van der Waals surface area contributed by atoms with E-state index in [4.69, 9.17) is 0 Å². The Kier molecular flexibility index (Phi) is 5.86. The lowest BCUT2D eigenvalue weighted by Gasteiger charge is -2.37. The molecule has 1 heterocycles. The Morgan fingerprint density at radius 1 is 1.00 bits per heavy atom. The van der Waals surface area contributed by atoms with Gasteiger partial charge in [0.15, 0.2) is 0 Å². The lowest BCUT2D eigenvalue weighted by molar-refractivity contribution is 0.204. The number of nitrogens with zero attached hydrogens (tertiary/aromatic N) is 1. The Morgan fingerprint density at radius 2 is 1.57 bits per heavy atom. The van der Waals surface area contributed by atoms with Crippen LogP contribution in [-0.2, 0) is 6.42 Å². The summed E-state index contributed by atoms with van der Waals surface area (Å²) in [5.74, 6) is 0. The first kappa shape index (κ1) is 17.0. The van der Waals surface area contributed by atoms with E-state index in [0.717, 1.165) is 5.67 Å². The molecule has 0 spiro atoms. The monoisotopic (exact) mass is 319 g/mol. The van der Waals surface area contributed by atoms with E-state index in [1.54, 1.807) is 10.8 Å². The van der Waals surface area contributed by atoms with Gasteiger partial charge in [-0.15, -0.1) is 0 Å². The van der Waals surface area contributed by atoms with E-state index >= 15 is 0 Å². The minimum Gasteiger partial charge on any atom is -0.303 e. The maximum atomic E-state index is 2.80. The van der Waals surface area contributed by atoms with Gasteiger partial charge in [0.2, 0.25) is 0 Å². The third kappa shape index (κ3) is 4.80. The third-order valence-electron chi connectivity index (χ3n) is 4.89. The second kappa shape index (κ2) is 7.25. The Balaban J connectivity index is 2.06. The summed E-state index contributed by atoms with van der Waals surface area (Å²) >= 11 is 0. The quantitative estimate of drug-likeness (QED) is 0.749. The van der Waals surface area contributed by atoms with E-state index in [9.17, 15) is 0 Å². The molecule has 0 radical (unpaired) electrons. The Hall–Kier alpha value is -0.386. The molecule has 1 aromatic rings. The van der Waals surface area contributed by atoms with Crippen molar-refractivity contribution in [3.63, 3.8) is 0 Å². The molecule has 0 aromatic heterocycles. The van der Waals surface area contributed by atoms with Crippen molar-refractivity contribution >= 4 is 22.1 Å². The zero-order valence-electron chi connectivity index (χ0n) is 14.7. The zero-order valence-corrected chi connectivity index (χ0v) is 16.8. The van der Waals surface area contributed by atoms with Crippen LogP contribution in [0, 0.1) is 0 Å². The SMILES string of the molecule is C[SiH](C)C(Cc1ccc([Si](C)(C)C)cc1)N1CCCCC1. The lowest BCUT2D eigenvalue weighted by Crippen LogP contribution is -2.47. The van der Waals surface area contributed by atoms with Crippen molar-refractivity contribution in [3.05, 3.63) is 29.8 Å². The predicted octanol–water partition coefficient (Wildman–Crippen LogP) is 3.65. The van der Waals surface area contributed by atoms with Crippen LogP contribution in [0.1, 0.15) is 24.8 Å². The van der Waals surface area contributed by atoms with Gasteiger partial charge in [0.05, 0.1) is 16.9 Å². The van der Waals surface area contributed by atoms with E-state index in [-0.39, 0.29) is 0 Å². The molecule has 0 N–H and O–H groups in total. The van der Waals surface area contributed by atoms with E-state index in [1.807, 2.05) is 0 Å². The summed E-state index contributed by atoms with van der Waals surface area (Å²) in [6, 6.07) is 9.61. The molecule has 1 aliphatic heterocycles. The van der Waals surface area contributed by atoms with Crippen LogP contribution in [-0.4, -0.2) is 40.5 Å². The number of rotatable bonds is 5. The van der Waals surface area contributed by atoms with E-state index in [1.165, 1.54) is 38.8 Å². The summed E-state index contributed by atoms with van der Waals surface area (Å²) < 4.78 is 0. The smallest absolute Gasteiger partial charge is 0.0775 e. The number of benzene rings is 1. The second-order valence-electron chi connectivity index (χ2n) is 8.06. The van der Waals surface area contributed by atoms with E-state index in [2.05, 4.69) is 61.9 Å². The molecule has 0 bridgehead atoms. The fraction of sp³-hybridized carbons (Fsp3) is 0.667. The minimum absolute atomic E-state index is 0.640. The number of hydrogen-bond acceptors (Lipinski definition) is 1. The molecule has 1 nitrogen and oxygen atoms in total. The molecule has 21 heavy (non-hydrogen) atoms. The first-order valence-corrected chi connectivity index (χ1v) is 15.2. The van der Waals surface area contributed by atoms with Gasteiger partial charge in [-0.2, -0.15) is 0 Å². The molecule has 1 fully saturated rings. The molecule has 3 heteroatoms. The largest absolute Gasteiger partial charge is 0.303 e. The fourth-order valence-electron chi connectivity index (χ4n) is 3.42. The normalized spacial score (nSPS) is 19.0. The van der Waals surface area contributed by atoms with Gasteiger partial charge in [-0.25, -0.2) is 0 Å². The van der Waals surface area contributed by atoms with Crippen LogP contribution >= 0.6 is 0 Å². The van der Waals surface area contributed by atoms with Gasteiger partial charge in [-0.3, -0.25) is 0 Å². The molecular weight excluding hydrogens is 286 g/mol. The standard InChI is InChI=1S/C18H33NSi2/c1-20(2)18(19-13-7-6-8-14-19)15-16-9-11-17(12-10-16)21(3,4)5/h9-12,18,20H,6-8,13-15H2,1-5H3. The molecule has 1 atom stereocenters. The number of hydrogen-bond donors (Lipinski definition) is 0. The average Bonchev–Trinajstić information content (AvgIpc) is 2.45. The molecular formula is C18H33NSi2. The topological polar surface area (TPSA) is 3.24 Å². The summed E-state index contributed by atoms with van der Waals surface area (Å²) in [5, 5.41) is 1.59. The minimum atomic E-state index is -1.15. The van der Waals surface area contributed by atoms with Crippen molar-refractivity contribution in [2.45, 2.75) is 64.1 Å². The molecule has 0 aliphatic carbocycles. The van der Waals surface area contributed by atoms with Crippen molar-refractivity contribution in [2.24, 2.45) is 0 Å². The molecule has 1 saturated heterocycles. The highest BCUT2D eigenvalue weighted by molar-refractivity contribution is 6.88. The first-order chi connectivity index (χ1) is 9.88. The van der Waals surface area contributed by atoms with Crippen molar-refractivity contribution in [3.8, 4) is 0 Å². The van der Waals surface area contributed by atoms with Gasteiger partial charge < -0.3 is 4.90 Å². The second-order valence-corrected chi connectivity index (χ2v) is 16.4. The van der Waals surface area contributed by atoms with Crippen molar-refractivity contribution in [1.82, 2.24) is 4.90 Å². The number of piperidine rings is 1. The fourth-order valence-corrected chi connectivity index (χ4v) is 6.47. The van der Waals surface area contributed by atoms with Crippen LogP contribution in [0.2, 0.25) is 32.7 Å². The lowest BCUT2D eigenvalue weighted by atomic mass is 10.1. The van der Waals surface area contributed by atoms with Crippen molar-refractivity contribution < 1.29 is 0 Å². The van der Waals surface area contributed by atoms with Gasteiger partial charge in [0.1, 0.15) is 0 Å². The highest BCUT2D eigenvalue weighted by Gasteiger charge is 2.24. The zero-order chi connectivity index (χ0) is 15.5. The summed E-state index contributed by atoms with van der Waals surface area (Å²) in [4.78, 5) is 2.80. The van der Waals surface area contributed by atoms with Crippen molar-refractivity contribution in [2.75, 3.05) is 13.1 Å². The van der Waals surface area contributed by atoms with Gasteiger partial charge >= 0.3 is 0 Å². The Morgan fingerprint density at radius 3 is 2.05 bits per heavy atom. The van der Waals surface area contributed by atoms with Crippen LogP contribution in [0.25, 0.3) is 0 Å². The molecule has 1 aromatic carbocycles. The maximum Gasteiger partial charge on any atom is 0.0775 e. The number of likely N-dealkylation sites (tertiary alicyclic amines) is 1. The van der Waals surface area contributed by atoms with Crippen molar-refractivity contribution in [1.29, 1.82) is 0 Å². The highest BCUT2D eigenvalue weighted by Crippen LogP contribution is 2.18. The van der Waals surface area contributed by atoms with Crippen LogP contribution in [0.15, 0.2) is 24.3 Å². The Bertz CT molecular complexity index is 428. The molecule has 118 valence electrons. The maximum absolute atomic E-state index is 2.80. The van der Waals surface area contributed by atoms with Gasteiger partial charge in [0, 0.05) is 5.67 Å². The summed E-state index contributed by atoms with van der Waals surface area (Å²) in [6.45, 7) is 15.0. The molecule has 1 aliphatic rings. The molecule has 2 rings (SSSR count).